The zero-order valence-electron chi connectivity index (χ0n) is 21.8. The van der Waals surface area contributed by atoms with E-state index in [1.165, 1.54) is 0 Å². The van der Waals surface area contributed by atoms with E-state index < -0.39 is 6.03 Å². The van der Waals surface area contributed by atoms with Crippen molar-refractivity contribution in [2.45, 2.75) is 19.9 Å². The first-order valence-corrected chi connectivity index (χ1v) is 12.5. The van der Waals surface area contributed by atoms with Crippen molar-refractivity contribution in [2.24, 2.45) is 0 Å². The van der Waals surface area contributed by atoms with Crippen LogP contribution in [-0.2, 0) is 0 Å². The first-order valence-electron chi connectivity index (χ1n) is 12.5. The molecule has 1 aliphatic rings. The lowest BCUT2D eigenvalue weighted by atomic mass is 10.1. The molecule has 3 N–H and O–H groups in total. The lowest BCUT2D eigenvalue weighted by Gasteiger charge is -2.38. The van der Waals surface area contributed by atoms with Gasteiger partial charge in [0.05, 0.1) is 30.0 Å². The molecule has 0 aliphatic carbocycles. The van der Waals surface area contributed by atoms with Crippen molar-refractivity contribution in [1.29, 1.82) is 5.26 Å². The Balaban J connectivity index is 1.51. The molecule has 0 unspecified atom stereocenters. The van der Waals surface area contributed by atoms with Crippen molar-refractivity contribution in [3.8, 4) is 11.8 Å². The number of benzene rings is 3. The zero-order valence-corrected chi connectivity index (χ0v) is 21.8. The van der Waals surface area contributed by atoms with Crippen LogP contribution in [0.2, 0.25) is 0 Å². The molecule has 3 amide bonds. The molecule has 1 saturated heterocycles. The fraction of sp³-hybridized carbons (Fsp3) is 0.276. The second-order valence-electron chi connectivity index (χ2n) is 9.28. The number of urea groups is 1. The van der Waals surface area contributed by atoms with Crippen LogP contribution in [0.1, 0.15) is 29.8 Å². The highest BCUT2D eigenvalue weighted by molar-refractivity contribution is 6.04. The van der Waals surface area contributed by atoms with E-state index >= 15 is 0 Å². The number of anilines is 4. The minimum Gasteiger partial charge on any atom is -0.495 e. The number of nitrogens with one attached hydrogen (secondary N) is 3. The topological polar surface area (TPSA) is 110 Å². The molecule has 0 spiro atoms. The van der Waals surface area contributed by atoms with E-state index in [1.54, 1.807) is 43.5 Å². The van der Waals surface area contributed by atoms with Gasteiger partial charge in [0.15, 0.2) is 0 Å². The van der Waals surface area contributed by atoms with E-state index in [4.69, 9.17) is 10.00 Å². The highest BCUT2D eigenvalue weighted by atomic mass is 16.5. The van der Waals surface area contributed by atoms with Gasteiger partial charge in [0.1, 0.15) is 5.75 Å². The summed E-state index contributed by atoms with van der Waals surface area (Å²) in [6.45, 7) is 6.82. The Morgan fingerprint density at radius 3 is 2.18 bits per heavy atom. The van der Waals surface area contributed by atoms with Crippen molar-refractivity contribution in [3.63, 3.8) is 0 Å². The van der Waals surface area contributed by atoms with E-state index in [1.807, 2.05) is 38.1 Å². The molecule has 0 atom stereocenters. The van der Waals surface area contributed by atoms with Crippen LogP contribution in [0.15, 0.2) is 66.7 Å². The van der Waals surface area contributed by atoms with Gasteiger partial charge in [-0.25, -0.2) is 4.79 Å². The van der Waals surface area contributed by atoms with Crippen LogP contribution in [0, 0.1) is 11.3 Å². The van der Waals surface area contributed by atoms with E-state index in [9.17, 15) is 9.59 Å². The Labute approximate surface area is 223 Å². The molecule has 38 heavy (non-hydrogen) atoms. The number of rotatable bonds is 7. The number of ether oxygens (including phenoxy) is 1. The molecule has 1 aliphatic heterocycles. The maximum absolute atomic E-state index is 13.2. The molecule has 3 aromatic rings. The number of piperazine rings is 1. The molecule has 4 rings (SSSR count). The fourth-order valence-corrected chi connectivity index (χ4v) is 4.45. The summed E-state index contributed by atoms with van der Waals surface area (Å²) in [6.07, 6.45) is 0. The van der Waals surface area contributed by atoms with Crippen LogP contribution in [0.5, 0.6) is 5.75 Å². The maximum atomic E-state index is 13.2. The van der Waals surface area contributed by atoms with Gasteiger partial charge in [-0.15, -0.1) is 0 Å². The number of para-hydroxylation sites is 2. The number of nitriles is 1. The third kappa shape index (κ3) is 6.34. The van der Waals surface area contributed by atoms with Gasteiger partial charge in [0, 0.05) is 49.3 Å². The Kier molecular flexibility index (Phi) is 8.34. The van der Waals surface area contributed by atoms with Gasteiger partial charge in [-0.05, 0) is 62.4 Å². The maximum Gasteiger partial charge on any atom is 0.323 e. The molecular weight excluding hydrogens is 480 g/mol. The molecule has 0 bridgehead atoms. The van der Waals surface area contributed by atoms with Gasteiger partial charge >= 0.3 is 6.03 Å². The first kappa shape index (κ1) is 26.4. The number of carbonyl (C=O) groups excluding carboxylic acids is 2. The van der Waals surface area contributed by atoms with Crippen molar-refractivity contribution in [2.75, 3.05) is 53.7 Å². The van der Waals surface area contributed by atoms with Gasteiger partial charge in [-0.3, -0.25) is 4.79 Å². The second kappa shape index (κ2) is 12.0. The van der Waals surface area contributed by atoms with Gasteiger partial charge in [0.2, 0.25) is 0 Å². The number of methoxy groups -OCH3 is 1. The third-order valence-electron chi connectivity index (χ3n) is 6.21. The van der Waals surface area contributed by atoms with Gasteiger partial charge in [0.25, 0.3) is 5.91 Å². The van der Waals surface area contributed by atoms with E-state index in [0.29, 0.717) is 22.5 Å². The zero-order chi connectivity index (χ0) is 27.1. The SMILES string of the molecule is COc1ccccc1N1CCN(c2ccc(NC(=O)Nc3cccc(C#N)c3)cc2C(=O)NC(C)C)CC1. The highest BCUT2D eigenvalue weighted by Gasteiger charge is 2.24. The highest BCUT2D eigenvalue weighted by Crippen LogP contribution is 2.31. The molecule has 196 valence electrons. The number of hydrogen-bond donors (Lipinski definition) is 3. The van der Waals surface area contributed by atoms with Crippen LogP contribution in [0.3, 0.4) is 0 Å². The van der Waals surface area contributed by atoms with E-state index in [-0.39, 0.29) is 11.9 Å². The number of amides is 3. The normalized spacial score (nSPS) is 13.0. The largest absolute Gasteiger partial charge is 0.495 e. The first-order chi connectivity index (χ1) is 18.4. The summed E-state index contributed by atoms with van der Waals surface area (Å²) >= 11 is 0. The summed E-state index contributed by atoms with van der Waals surface area (Å²) in [5.74, 6) is 0.638. The van der Waals surface area contributed by atoms with E-state index in [0.717, 1.165) is 43.3 Å². The summed E-state index contributed by atoms with van der Waals surface area (Å²) in [5.41, 5.74) is 3.81. The summed E-state index contributed by atoms with van der Waals surface area (Å²) in [6, 6.07) is 21.5. The van der Waals surface area contributed by atoms with Crippen molar-refractivity contribution in [1.82, 2.24) is 5.32 Å². The fourth-order valence-electron chi connectivity index (χ4n) is 4.45. The van der Waals surface area contributed by atoms with Crippen LogP contribution >= 0.6 is 0 Å². The molecule has 1 fully saturated rings. The Morgan fingerprint density at radius 2 is 1.53 bits per heavy atom. The minimum absolute atomic E-state index is 0.0370. The molecule has 0 saturated carbocycles. The Bertz CT molecular complexity index is 1340. The molecule has 3 aromatic carbocycles. The van der Waals surface area contributed by atoms with Crippen molar-refractivity contribution < 1.29 is 14.3 Å². The average Bonchev–Trinajstić information content (AvgIpc) is 2.92. The lowest BCUT2D eigenvalue weighted by molar-refractivity contribution is 0.0943. The summed E-state index contributed by atoms with van der Waals surface area (Å²) in [5, 5.41) is 17.6. The Hall–Kier alpha value is -4.71. The Morgan fingerprint density at radius 1 is 0.868 bits per heavy atom. The summed E-state index contributed by atoms with van der Waals surface area (Å²) in [7, 11) is 1.67. The van der Waals surface area contributed by atoms with Crippen LogP contribution in [0.4, 0.5) is 27.5 Å². The van der Waals surface area contributed by atoms with Crippen LogP contribution in [0.25, 0.3) is 0 Å². The summed E-state index contributed by atoms with van der Waals surface area (Å²) < 4.78 is 5.53. The van der Waals surface area contributed by atoms with Crippen LogP contribution in [-0.4, -0.2) is 51.3 Å². The predicted molar refractivity (Wildman–Crippen MR) is 150 cm³/mol. The molecule has 0 radical (unpaired) electrons. The van der Waals surface area contributed by atoms with Gasteiger partial charge < -0.3 is 30.5 Å². The summed E-state index contributed by atoms with van der Waals surface area (Å²) in [4.78, 5) is 30.3. The standard InChI is InChI=1S/C29H32N6O3/c1-20(2)31-28(36)24-18-23(33-29(37)32-22-8-6-7-21(17-22)19-30)11-12-25(24)34-13-15-35(16-14-34)26-9-4-5-10-27(26)38-3/h4-12,17-18,20H,13-16H2,1-3H3,(H,31,36)(H2,32,33,37). The van der Waals surface area contributed by atoms with Crippen molar-refractivity contribution >= 4 is 34.7 Å². The third-order valence-corrected chi connectivity index (χ3v) is 6.21. The number of nitrogens with zero attached hydrogens (tertiary/aromatic N) is 3. The molecule has 1 heterocycles. The minimum atomic E-state index is -0.464. The molecule has 9 heteroatoms. The smallest absolute Gasteiger partial charge is 0.323 e. The quantitative estimate of drug-likeness (QED) is 0.424. The van der Waals surface area contributed by atoms with Crippen LogP contribution < -0.4 is 30.5 Å². The lowest BCUT2D eigenvalue weighted by Crippen LogP contribution is -2.47. The second-order valence-corrected chi connectivity index (χ2v) is 9.28. The molecule has 9 nitrogen and oxygen atoms in total. The van der Waals surface area contributed by atoms with Crippen molar-refractivity contribution in [3.05, 3.63) is 77.9 Å². The molecule has 0 aromatic heterocycles. The monoisotopic (exact) mass is 512 g/mol. The average molecular weight is 513 g/mol. The predicted octanol–water partition coefficient (Wildman–Crippen LogP) is 4.68. The number of carbonyl (C=O) groups is 2. The number of hydrogen-bond acceptors (Lipinski definition) is 6. The molecular formula is C29H32N6O3. The van der Waals surface area contributed by atoms with Gasteiger partial charge in [-0.1, -0.05) is 18.2 Å². The van der Waals surface area contributed by atoms with E-state index in [2.05, 4.69) is 37.9 Å². The van der Waals surface area contributed by atoms with Gasteiger partial charge in [-0.2, -0.15) is 5.26 Å².